The van der Waals surface area contributed by atoms with Crippen LogP contribution in [-0.2, 0) is 16.8 Å². The van der Waals surface area contributed by atoms with Crippen LogP contribution in [0.1, 0.15) is 42.3 Å². The summed E-state index contributed by atoms with van der Waals surface area (Å²) in [5, 5.41) is 11.0. The number of carbonyl (C=O) groups is 1. The molecule has 0 amide bonds. The smallest absolute Gasteiger partial charge is 0.340 e. The molecule has 0 unspecified atom stereocenters. The highest BCUT2D eigenvalue weighted by atomic mass is 16.5. The van der Waals surface area contributed by atoms with Crippen molar-refractivity contribution in [3.05, 3.63) is 71.5 Å². The largest absolute Gasteiger partial charge is 0.457 e. The number of aromatic nitrogens is 4. The fourth-order valence-electron chi connectivity index (χ4n) is 2.45. The second-order valence-corrected chi connectivity index (χ2v) is 6.79. The van der Waals surface area contributed by atoms with Gasteiger partial charge in [-0.05, 0) is 39.1 Å². The summed E-state index contributed by atoms with van der Waals surface area (Å²) < 4.78 is 6.90. The van der Waals surface area contributed by atoms with Crippen LogP contribution in [-0.4, -0.2) is 26.2 Å². The minimum atomic E-state index is -0.411. The summed E-state index contributed by atoms with van der Waals surface area (Å²) >= 11 is 0. The van der Waals surface area contributed by atoms with Gasteiger partial charge in [-0.3, -0.25) is 0 Å². The lowest BCUT2D eigenvalue weighted by molar-refractivity contribution is 0.0472. The van der Waals surface area contributed by atoms with Gasteiger partial charge < -0.3 is 4.74 Å². The Balaban J connectivity index is 1.72. The van der Waals surface area contributed by atoms with Crippen molar-refractivity contribution in [2.24, 2.45) is 0 Å². The van der Waals surface area contributed by atoms with E-state index in [-0.39, 0.29) is 12.0 Å². The molecule has 0 spiro atoms. The van der Waals surface area contributed by atoms with E-state index in [1.54, 1.807) is 18.2 Å². The molecule has 2 aromatic carbocycles. The zero-order valence-corrected chi connectivity index (χ0v) is 14.5. The second-order valence-electron chi connectivity index (χ2n) is 6.79. The lowest BCUT2D eigenvalue weighted by atomic mass is 9.87. The van der Waals surface area contributed by atoms with Gasteiger partial charge in [0.2, 0.25) is 0 Å². The summed E-state index contributed by atoms with van der Waals surface area (Å²) in [6.45, 7) is 6.71. The van der Waals surface area contributed by atoms with Crippen LogP contribution in [0.3, 0.4) is 0 Å². The first-order valence-corrected chi connectivity index (χ1v) is 8.04. The van der Waals surface area contributed by atoms with Gasteiger partial charge in [-0.2, -0.15) is 4.68 Å². The van der Waals surface area contributed by atoms with Gasteiger partial charge in [0, 0.05) is 0 Å². The van der Waals surface area contributed by atoms with Crippen molar-refractivity contribution < 1.29 is 9.53 Å². The van der Waals surface area contributed by atoms with Crippen LogP contribution < -0.4 is 0 Å². The number of hydrogen-bond acceptors (Lipinski definition) is 5. The molecule has 128 valence electrons. The number of rotatable bonds is 4. The lowest BCUT2D eigenvalue weighted by Crippen LogP contribution is -2.12. The molecular formula is C19H20N4O2. The Labute approximate surface area is 146 Å². The molecule has 6 heteroatoms. The summed E-state index contributed by atoms with van der Waals surface area (Å²) in [4.78, 5) is 12.5. The number of hydrogen-bond donors (Lipinski definition) is 0. The summed E-state index contributed by atoms with van der Waals surface area (Å²) in [6, 6.07) is 15.2. The van der Waals surface area contributed by atoms with Gasteiger partial charge >= 0.3 is 5.97 Å². The Hall–Kier alpha value is -3.02. The highest BCUT2D eigenvalue weighted by Gasteiger charge is 2.16. The SMILES string of the molecule is CC(C)(C)c1ccc(COC(=O)c2ccccc2-n2cnnn2)cc1. The molecule has 3 aromatic rings. The summed E-state index contributed by atoms with van der Waals surface area (Å²) in [5.41, 5.74) is 3.29. The Morgan fingerprint density at radius 3 is 2.44 bits per heavy atom. The second kappa shape index (κ2) is 6.84. The van der Waals surface area contributed by atoms with E-state index < -0.39 is 5.97 Å². The summed E-state index contributed by atoms with van der Waals surface area (Å²) in [6.07, 6.45) is 1.44. The normalized spacial score (nSPS) is 11.3. The molecule has 6 nitrogen and oxygen atoms in total. The van der Waals surface area contributed by atoms with E-state index >= 15 is 0 Å². The average molecular weight is 336 g/mol. The third kappa shape index (κ3) is 3.91. The monoisotopic (exact) mass is 336 g/mol. The van der Waals surface area contributed by atoms with Crippen LogP contribution in [0, 0.1) is 0 Å². The summed E-state index contributed by atoms with van der Waals surface area (Å²) in [7, 11) is 0. The van der Waals surface area contributed by atoms with Gasteiger partial charge in [0.1, 0.15) is 12.9 Å². The molecule has 0 aliphatic heterocycles. The molecule has 0 bridgehead atoms. The molecule has 1 heterocycles. The van der Waals surface area contributed by atoms with E-state index in [9.17, 15) is 4.79 Å². The van der Waals surface area contributed by atoms with Crippen molar-refractivity contribution in [3.63, 3.8) is 0 Å². The van der Waals surface area contributed by atoms with E-state index in [0.717, 1.165) is 5.56 Å². The van der Waals surface area contributed by atoms with Gasteiger partial charge in [0.05, 0.1) is 11.3 Å². The van der Waals surface area contributed by atoms with Crippen LogP contribution >= 0.6 is 0 Å². The molecule has 0 aliphatic carbocycles. The average Bonchev–Trinajstić information content (AvgIpc) is 3.14. The van der Waals surface area contributed by atoms with E-state index in [1.807, 2.05) is 18.2 Å². The molecule has 0 fully saturated rings. The Kier molecular flexibility index (Phi) is 4.61. The van der Waals surface area contributed by atoms with Crippen molar-refractivity contribution in [2.45, 2.75) is 32.8 Å². The van der Waals surface area contributed by atoms with Crippen molar-refractivity contribution in [2.75, 3.05) is 0 Å². The number of ether oxygens (including phenoxy) is 1. The first-order chi connectivity index (χ1) is 11.9. The predicted octanol–water partition coefficient (Wildman–Crippen LogP) is 3.32. The fraction of sp³-hybridized carbons (Fsp3) is 0.263. The van der Waals surface area contributed by atoms with Crippen molar-refractivity contribution >= 4 is 5.97 Å². The number of benzene rings is 2. The first-order valence-electron chi connectivity index (χ1n) is 8.04. The maximum absolute atomic E-state index is 12.5. The number of para-hydroxylation sites is 1. The van der Waals surface area contributed by atoms with Gasteiger partial charge in [-0.1, -0.05) is 57.2 Å². The Morgan fingerprint density at radius 2 is 1.80 bits per heavy atom. The van der Waals surface area contributed by atoms with E-state index in [0.29, 0.717) is 11.3 Å². The van der Waals surface area contributed by atoms with Crippen LogP contribution in [0.25, 0.3) is 5.69 Å². The predicted molar refractivity (Wildman–Crippen MR) is 93.4 cm³/mol. The standard InChI is InChI=1S/C19H20N4O2/c1-19(2,3)15-10-8-14(9-11-15)12-25-18(24)16-6-4-5-7-17(16)23-13-20-21-22-23/h4-11,13H,12H2,1-3H3. The topological polar surface area (TPSA) is 69.9 Å². The first kappa shape index (κ1) is 16.8. The molecule has 0 saturated carbocycles. The molecule has 0 atom stereocenters. The molecule has 0 N–H and O–H groups in total. The minimum absolute atomic E-state index is 0.0972. The number of carbonyl (C=O) groups excluding carboxylic acids is 1. The molecule has 1 aromatic heterocycles. The van der Waals surface area contributed by atoms with Crippen LogP contribution in [0.15, 0.2) is 54.9 Å². The lowest BCUT2D eigenvalue weighted by Gasteiger charge is -2.19. The highest BCUT2D eigenvalue weighted by Crippen LogP contribution is 2.22. The maximum atomic E-state index is 12.5. The van der Waals surface area contributed by atoms with E-state index in [4.69, 9.17) is 4.74 Å². The van der Waals surface area contributed by atoms with Gasteiger partial charge in [-0.15, -0.1) is 5.10 Å². The number of nitrogens with zero attached hydrogens (tertiary/aromatic N) is 4. The zero-order valence-electron chi connectivity index (χ0n) is 14.5. The van der Waals surface area contributed by atoms with E-state index in [2.05, 4.69) is 48.4 Å². The van der Waals surface area contributed by atoms with Crippen LogP contribution in [0.5, 0.6) is 0 Å². The fourth-order valence-corrected chi connectivity index (χ4v) is 2.45. The zero-order chi connectivity index (χ0) is 17.9. The van der Waals surface area contributed by atoms with Crippen molar-refractivity contribution in [3.8, 4) is 5.69 Å². The molecule has 0 saturated heterocycles. The molecule has 3 rings (SSSR count). The van der Waals surface area contributed by atoms with Crippen LogP contribution in [0.4, 0.5) is 0 Å². The van der Waals surface area contributed by atoms with Gasteiger partial charge in [0.25, 0.3) is 0 Å². The Morgan fingerprint density at radius 1 is 1.08 bits per heavy atom. The number of tetrazole rings is 1. The molecule has 25 heavy (non-hydrogen) atoms. The molecule has 0 radical (unpaired) electrons. The molecular weight excluding hydrogens is 316 g/mol. The Bertz CT molecular complexity index is 850. The van der Waals surface area contributed by atoms with Crippen LogP contribution in [0.2, 0.25) is 0 Å². The van der Waals surface area contributed by atoms with Gasteiger partial charge in [0.15, 0.2) is 0 Å². The maximum Gasteiger partial charge on any atom is 0.340 e. The van der Waals surface area contributed by atoms with Crippen molar-refractivity contribution in [1.82, 2.24) is 20.2 Å². The van der Waals surface area contributed by atoms with Gasteiger partial charge in [-0.25, -0.2) is 4.79 Å². The third-order valence-corrected chi connectivity index (χ3v) is 3.91. The quantitative estimate of drug-likeness (QED) is 0.684. The highest BCUT2D eigenvalue weighted by molar-refractivity contribution is 5.93. The summed E-state index contributed by atoms with van der Waals surface area (Å²) in [5.74, 6) is -0.411. The number of esters is 1. The van der Waals surface area contributed by atoms with Crippen molar-refractivity contribution in [1.29, 1.82) is 0 Å². The molecule has 0 aliphatic rings. The minimum Gasteiger partial charge on any atom is -0.457 e. The van der Waals surface area contributed by atoms with E-state index in [1.165, 1.54) is 16.6 Å². The third-order valence-electron chi connectivity index (χ3n) is 3.91.